The van der Waals surface area contributed by atoms with Crippen molar-refractivity contribution >= 4 is 17.3 Å². The minimum Gasteiger partial charge on any atom is -0.373 e. The second kappa shape index (κ2) is 22.9. The largest absolute Gasteiger partial charge is 0.373 e. The van der Waals surface area contributed by atoms with Gasteiger partial charge in [-0.2, -0.15) is 0 Å². The van der Waals surface area contributed by atoms with E-state index in [4.69, 9.17) is 28.4 Å². The second-order valence-electron chi connectivity index (χ2n) is 22.0. The highest BCUT2D eigenvalue weighted by Crippen LogP contribution is 2.48. The zero-order valence-corrected chi connectivity index (χ0v) is 42.6. The standard InChI is InChI=1S/C50H93N3O9/c1-17-49(35-44(7,8)57-26-29-60-47(13,14)41(54)20-23-51-32-38(51)4,36-45(9,10)58-27-30-61-48(15,16)42(55)21-24-52-33-39(52)5)37-46(11,12)59-28-31-62-50(18-2,19-3)43(56)22-25-53-34-40(53)6/h38-40H,17-37H2,1-16H3. The van der Waals surface area contributed by atoms with Crippen LogP contribution in [0.1, 0.15) is 169 Å². The quantitative estimate of drug-likeness (QED) is 0.0448. The lowest BCUT2D eigenvalue weighted by Crippen LogP contribution is -2.46. The minimum absolute atomic E-state index is 0.112. The Morgan fingerprint density at radius 2 is 0.710 bits per heavy atom. The number of nitrogens with zero attached hydrogens (tertiary/aromatic N) is 3. The molecule has 0 radical (unpaired) electrons. The SMILES string of the molecule is CCC(CC(C)(C)OCCOC(C)(C)C(=O)CCN1CC1C)(CC(C)(C)OCCOC(C)(C)C(=O)CCN1CC1C)CC(C)(C)OCCOC(CC)(CC)C(=O)CCN1CC1C. The summed E-state index contributed by atoms with van der Waals surface area (Å²) in [6.45, 7) is 40.7. The summed E-state index contributed by atoms with van der Waals surface area (Å²) in [6, 6.07) is 1.71. The topological polar surface area (TPSA) is 116 Å². The number of rotatable bonds is 36. The molecule has 3 heterocycles. The van der Waals surface area contributed by atoms with E-state index >= 15 is 0 Å². The Bertz CT molecular complexity index is 1360. The van der Waals surface area contributed by atoms with E-state index in [1.165, 1.54) is 0 Å². The van der Waals surface area contributed by atoms with Crippen molar-refractivity contribution in [3.63, 3.8) is 0 Å². The van der Waals surface area contributed by atoms with Gasteiger partial charge in [0.15, 0.2) is 17.3 Å². The summed E-state index contributed by atoms with van der Waals surface area (Å²) in [5, 5.41) is 0. The van der Waals surface area contributed by atoms with Gasteiger partial charge in [-0.3, -0.25) is 29.1 Å². The first-order valence-corrected chi connectivity index (χ1v) is 24.3. The van der Waals surface area contributed by atoms with Gasteiger partial charge in [-0.1, -0.05) is 27.2 Å². The number of carbonyl (C=O) groups is 3. The van der Waals surface area contributed by atoms with Crippen molar-refractivity contribution in [1.82, 2.24) is 14.7 Å². The highest BCUT2D eigenvalue weighted by molar-refractivity contribution is 5.88. The molecule has 0 saturated carbocycles. The van der Waals surface area contributed by atoms with Crippen LogP contribution < -0.4 is 0 Å². The summed E-state index contributed by atoms with van der Waals surface area (Å²) in [4.78, 5) is 46.4. The average molecular weight is 880 g/mol. The zero-order valence-electron chi connectivity index (χ0n) is 42.6. The Morgan fingerprint density at radius 3 is 0.984 bits per heavy atom. The average Bonchev–Trinajstić information content (AvgIpc) is 4.14. The maximum absolute atomic E-state index is 13.5. The molecule has 12 heteroatoms. The monoisotopic (exact) mass is 880 g/mol. The Labute approximate surface area is 378 Å². The van der Waals surface area contributed by atoms with Crippen LogP contribution in [-0.2, 0) is 42.8 Å². The summed E-state index contributed by atoms with van der Waals surface area (Å²) >= 11 is 0. The predicted molar refractivity (Wildman–Crippen MR) is 248 cm³/mol. The van der Waals surface area contributed by atoms with Crippen LogP contribution in [0.4, 0.5) is 0 Å². The van der Waals surface area contributed by atoms with E-state index in [1.54, 1.807) is 0 Å². The first-order chi connectivity index (χ1) is 28.7. The Morgan fingerprint density at radius 1 is 0.435 bits per heavy atom. The number of hydrogen-bond acceptors (Lipinski definition) is 12. The van der Waals surface area contributed by atoms with E-state index in [-0.39, 0.29) is 22.8 Å². The normalized spacial score (nSPS) is 24.2. The Kier molecular flexibility index (Phi) is 20.3. The predicted octanol–water partition coefficient (Wildman–Crippen LogP) is 8.09. The first kappa shape index (κ1) is 55.0. The molecule has 362 valence electrons. The van der Waals surface area contributed by atoms with Gasteiger partial charge >= 0.3 is 0 Å². The lowest BCUT2D eigenvalue weighted by Gasteiger charge is -2.47. The summed E-state index contributed by atoms with van der Waals surface area (Å²) < 4.78 is 38.6. The summed E-state index contributed by atoms with van der Waals surface area (Å²) in [6.07, 6.45) is 5.81. The van der Waals surface area contributed by atoms with Crippen LogP contribution >= 0.6 is 0 Å². The molecule has 3 aliphatic rings. The molecule has 0 amide bonds. The highest BCUT2D eigenvalue weighted by Gasteiger charge is 2.45. The third-order valence-corrected chi connectivity index (χ3v) is 14.0. The van der Waals surface area contributed by atoms with Crippen LogP contribution in [0, 0.1) is 5.41 Å². The number of carbonyl (C=O) groups excluding carboxylic acids is 3. The van der Waals surface area contributed by atoms with Crippen molar-refractivity contribution in [3.8, 4) is 0 Å². The zero-order chi connectivity index (χ0) is 46.8. The van der Waals surface area contributed by atoms with Crippen LogP contribution in [0.15, 0.2) is 0 Å². The number of Topliss-reactive ketones (excluding diaryl/α,β-unsaturated/α-hetero) is 3. The molecule has 3 rings (SSSR count). The molecule has 6 unspecified atom stereocenters. The maximum atomic E-state index is 13.5. The molecule has 62 heavy (non-hydrogen) atoms. The summed E-state index contributed by atoms with van der Waals surface area (Å²) in [5.74, 6) is 0.404. The van der Waals surface area contributed by atoms with Crippen molar-refractivity contribution in [2.75, 3.05) is 78.9 Å². The lowest BCUT2D eigenvalue weighted by molar-refractivity contribution is -0.157. The molecule has 0 N–H and O–H groups in total. The maximum Gasteiger partial charge on any atom is 0.165 e. The van der Waals surface area contributed by atoms with E-state index in [0.29, 0.717) is 89.9 Å². The van der Waals surface area contributed by atoms with Crippen LogP contribution in [0.5, 0.6) is 0 Å². The molecule has 0 bridgehead atoms. The smallest absolute Gasteiger partial charge is 0.165 e. The molecular formula is C50H93N3O9. The van der Waals surface area contributed by atoms with Crippen molar-refractivity contribution in [3.05, 3.63) is 0 Å². The van der Waals surface area contributed by atoms with Crippen molar-refractivity contribution < 1.29 is 42.8 Å². The van der Waals surface area contributed by atoms with Gasteiger partial charge in [0.05, 0.1) is 56.4 Å². The minimum atomic E-state index is -0.874. The second-order valence-corrected chi connectivity index (χ2v) is 22.0. The molecule has 0 aliphatic carbocycles. The van der Waals surface area contributed by atoms with Gasteiger partial charge in [0, 0.05) is 76.7 Å². The third kappa shape index (κ3) is 18.1. The van der Waals surface area contributed by atoms with E-state index < -0.39 is 33.6 Å². The molecule has 3 fully saturated rings. The molecule has 0 aromatic rings. The molecule has 0 spiro atoms. The Hall–Kier alpha value is -1.35. The van der Waals surface area contributed by atoms with Crippen LogP contribution in [0.3, 0.4) is 0 Å². The van der Waals surface area contributed by atoms with E-state index in [1.807, 2.05) is 41.5 Å². The molecular weight excluding hydrogens is 787 g/mol. The Balaban J connectivity index is 1.65. The van der Waals surface area contributed by atoms with E-state index in [0.717, 1.165) is 65.0 Å². The van der Waals surface area contributed by atoms with Crippen LogP contribution in [0.2, 0.25) is 0 Å². The van der Waals surface area contributed by atoms with Crippen molar-refractivity contribution in [1.29, 1.82) is 0 Å². The van der Waals surface area contributed by atoms with Crippen LogP contribution in [0.25, 0.3) is 0 Å². The molecule has 3 aliphatic heterocycles. The molecule has 3 saturated heterocycles. The van der Waals surface area contributed by atoms with Gasteiger partial charge in [-0.25, -0.2) is 0 Å². The lowest BCUT2D eigenvalue weighted by atomic mass is 9.65. The molecule has 0 aromatic carbocycles. The first-order valence-electron chi connectivity index (χ1n) is 24.3. The van der Waals surface area contributed by atoms with Gasteiger partial charge in [-0.05, 0) is 128 Å². The summed E-state index contributed by atoms with van der Waals surface area (Å²) in [7, 11) is 0. The fourth-order valence-electron chi connectivity index (χ4n) is 9.68. The number of ether oxygens (including phenoxy) is 6. The summed E-state index contributed by atoms with van der Waals surface area (Å²) in [5.41, 5.74) is -4.40. The van der Waals surface area contributed by atoms with Gasteiger partial charge in [0.25, 0.3) is 0 Å². The van der Waals surface area contributed by atoms with E-state index in [2.05, 4.69) is 83.9 Å². The van der Waals surface area contributed by atoms with Gasteiger partial charge < -0.3 is 28.4 Å². The van der Waals surface area contributed by atoms with Crippen molar-refractivity contribution in [2.45, 2.75) is 220 Å². The van der Waals surface area contributed by atoms with Crippen LogP contribution in [-0.4, -0.2) is 163 Å². The number of ketones is 3. The highest BCUT2D eigenvalue weighted by atomic mass is 16.6. The van der Waals surface area contributed by atoms with Gasteiger partial charge in [0.2, 0.25) is 0 Å². The van der Waals surface area contributed by atoms with Gasteiger partial charge in [-0.15, -0.1) is 0 Å². The molecule has 12 nitrogen and oxygen atoms in total. The van der Waals surface area contributed by atoms with Gasteiger partial charge in [0.1, 0.15) is 16.8 Å². The molecule has 0 aromatic heterocycles. The fraction of sp³-hybridized carbons (Fsp3) is 0.940. The molecule has 6 atom stereocenters. The van der Waals surface area contributed by atoms with Crippen molar-refractivity contribution in [2.24, 2.45) is 5.41 Å². The third-order valence-electron chi connectivity index (χ3n) is 14.0. The number of hydrogen-bond donors (Lipinski definition) is 0. The fourth-order valence-corrected chi connectivity index (χ4v) is 9.68. The van der Waals surface area contributed by atoms with E-state index in [9.17, 15) is 14.4 Å².